The average molecular weight is 354 g/mol. The number of likely N-dealkylation sites (N-methyl/N-ethyl adjacent to an activating group) is 1. The molecule has 0 radical (unpaired) electrons. The number of nitrogens with one attached hydrogen (secondary N) is 1. The van der Waals surface area contributed by atoms with Crippen LogP contribution in [0, 0.1) is 0 Å². The summed E-state index contributed by atoms with van der Waals surface area (Å²) in [6.45, 7) is 0. The Labute approximate surface area is 153 Å². The van der Waals surface area contributed by atoms with Gasteiger partial charge in [0.15, 0.2) is 0 Å². The predicted molar refractivity (Wildman–Crippen MR) is 101 cm³/mol. The van der Waals surface area contributed by atoms with Crippen LogP contribution < -0.4 is 9.80 Å². The zero-order valence-corrected chi connectivity index (χ0v) is 15.0. The first-order chi connectivity index (χ1) is 12.1. The molecule has 1 N–H and O–H groups in total. The van der Waals surface area contributed by atoms with Crippen molar-refractivity contribution in [1.29, 1.82) is 0 Å². The van der Waals surface area contributed by atoms with Crippen molar-refractivity contribution in [3.63, 3.8) is 0 Å². The number of carbonyl (C=O) groups is 1. The van der Waals surface area contributed by atoms with Crippen molar-refractivity contribution in [3.05, 3.63) is 77.0 Å². The summed E-state index contributed by atoms with van der Waals surface area (Å²) in [6, 6.07) is 18.2. The molecule has 3 atom stereocenters. The quantitative estimate of drug-likeness (QED) is 0.899. The Balaban J connectivity index is 1.74. The molecule has 2 aromatic carbocycles. The molecule has 128 valence electrons. The van der Waals surface area contributed by atoms with Gasteiger partial charge in [0.2, 0.25) is 0 Å². The molecule has 2 bridgehead atoms. The van der Waals surface area contributed by atoms with Crippen molar-refractivity contribution >= 4 is 23.2 Å². The highest BCUT2D eigenvalue weighted by Crippen LogP contribution is 2.30. The summed E-state index contributed by atoms with van der Waals surface area (Å²) >= 11 is 5.99. The van der Waals surface area contributed by atoms with Gasteiger partial charge in [-0.25, -0.2) is 0 Å². The Bertz CT molecular complexity index is 800. The molecule has 0 aliphatic carbocycles. The topological polar surface area (TPSA) is 24.8 Å². The molecular formula is C21H22ClN2O+. The summed E-state index contributed by atoms with van der Waals surface area (Å²) in [5.74, 6) is 0.00747. The van der Waals surface area contributed by atoms with Gasteiger partial charge >= 0.3 is 0 Å². The summed E-state index contributed by atoms with van der Waals surface area (Å²) in [6.07, 6.45) is 5.68. The fourth-order valence-corrected chi connectivity index (χ4v) is 4.17. The largest absolute Gasteiger partial charge is 0.329 e. The number of fused-ring (bicyclic) bond motifs is 2. The van der Waals surface area contributed by atoms with Gasteiger partial charge in [0.1, 0.15) is 6.04 Å². The van der Waals surface area contributed by atoms with Crippen LogP contribution in [0.2, 0.25) is 5.02 Å². The van der Waals surface area contributed by atoms with Crippen molar-refractivity contribution in [2.24, 2.45) is 0 Å². The lowest BCUT2D eigenvalue weighted by Gasteiger charge is -2.33. The second-order valence-electron chi connectivity index (χ2n) is 6.97. The van der Waals surface area contributed by atoms with E-state index in [1.807, 2.05) is 35.2 Å². The number of quaternary nitrogens is 1. The molecule has 4 heteroatoms. The van der Waals surface area contributed by atoms with Crippen molar-refractivity contribution in [3.8, 4) is 0 Å². The molecular weight excluding hydrogens is 332 g/mol. The summed E-state index contributed by atoms with van der Waals surface area (Å²) in [4.78, 5) is 16.8. The fourth-order valence-electron chi connectivity index (χ4n) is 4.05. The highest BCUT2D eigenvalue weighted by Gasteiger charge is 2.40. The zero-order valence-electron chi connectivity index (χ0n) is 14.3. The first-order valence-corrected chi connectivity index (χ1v) is 9.20. The molecule has 1 fully saturated rings. The van der Waals surface area contributed by atoms with Crippen LogP contribution in [0.4, 0.5) is 5.69 Å². The number of halogens is 1. The summed E-state index contributed by atoms with van der Waals surface area (Å²) < 4.78 is 0. The first kappa shape index (κ1) is 16.4. The standard InChI is InChI=1S/C21H21ClN2O/c1-23-18-11-12-19(23)14-20(13-18)24(17-5-3-2-4-6-17)21(25)15-7-9-16(22)10-8-15/h2-10,13,18-19H,11-12,14H2,1H3/p+1/t18-,19-/m1/s1. The second-order valence-corrected chi connectivity index (χ2v) is 7.41. The molecule has 0 aromatic heterocycles. The molecule has 2 aromatic rings. The molecule has 1 amide bonds. The molecule has 2 aliphatic heterocycles. The van der Waals surface area contributed by atoms with Gasteiger partial charge in [-0.05, 0) is 42.5 Å². The van der Waals surface area contributed by atoms with Gasteiger partial charge < -0.3 is 4.90 Å². The van der Waals surface area contributed by atoms with Gasteiger partial charge in [-0.1, -0.05) is 29.8 Å². The number of carbonyl (C=O) groups excluding carboxylic acids is 1. The Hall–Kier alpha value is -2.10. The van der Waals surface area contributed by atoms with E-state index in [1.165, 1.54) is 12.8 Å². The maximum atomic E-state index is 13.3. The van der Waals surface area contributed by atoms with Gasteiger partial charge in [0, 0.05) is 41.2 Å². The summed E-state index contributed by atoms with van der Waals surface area (Å²) in [7, 11) is 2.27. The number of nitrogens with zero attached hydrogens (tertiary/aromatic N) is 1. The third-order valence-electron chi connectivity index (χ3n) is 5.50. The highest BCUT2D eigenvalue weighted by molar-refractivity contribution is 6.30. The maximum absolute atomic E-state index is 13.3. The van der Waals surface area contributed by atoms with E-state index in [1.54, 1.807) is 29.2 Å². The van der Waals surface area contributed by atoms with Crippen molar-refractivity contribution in [2.75, 3.05) is 11.9 Å². The van der Waals surface area contributed by atoms with Crippen LogP contribution in [-0.2, 0) is 0 Å². The van der Waals surface area contributed by atoms with Crippen molar-refractivity contribution < 1.29 is 9.69 Å². The number of anilines is 1. The van der Waals surface area contributed by atoms with Gasteiger partial charge in [0.25, 0.3) is 5.91 Å². The number of amides is 1. The Morgan fingerprint density at radius 3 is 2.48 bits per heavy atom. The molecule has 0 saturated carbocycles. The molecule has 1 unspecified atom stereocenters. The second kappa shape index (κ2) is 6.66. The first-order valence-electron chi connectivity index (χ1n) is 8.82. The van der Waals surface area contributed by atoms with Crippen molar-refractivity contribution in [1.82, 2.24) is 0 Å². The Kier molecular flexibility index (Phi) is 4.36. The molecule has 2 heterocycles. The van der Waals surface area contributed by atoms with Gasteiger partial charge in [0.05, 0.1) is 13.1 Å². The van der Waals surface area contributed by atoms with E-state index in [-0.39, 0.29) is 5.91 Å². The highest BCUT2D eigenvalue weighted by atomic mass is 35.5. The maximum Gasteiger partial charge on any atom is 0.262 e. The summed E-state index contributed by atoms with van der Waals surface area (Å²) in [5.41, 5.74) is 2.71. The minimum absolute atomic E-state index is 0.00747. The van der Waals surface area contributed by atoms with Crippen LogP contribution in [0.1, 0.15) is 29.6 Å². The molecule has 0 spiro atoms. The van der Waals surface area contributed by atoms with Crippen LogP contribution in [0.3, 0.4) is 0 Å². The summed E-state index contributed by atoms with van der Waals surface area (Å²) in [5, 5.41) is 0.642. The Morgan fingerprint density at radius 1 is 1.08 bits per heavy atom. The van der Waals surface area contributed by atoms with Gasteiger partial charge in [-0.3, -0.25) is 9.69 Å². The van der Waals surface area contributed by atoms with Crippen LogP contribution in [0.25, 0.3) is 0 Å². The lowest BCUT2D eigenvalue weighted by molar-refractivity contribution is -0.911. The molecule has 25 heavy (non-hydrogen) atoms. The van der Waals surface area contributed by atoms with Crippen LogP contribution in [0.15, 0.2) is 66.4 Å². The average Bonchev–Trinajstić information content (AvgIpc) is 2.84. The monoisotopic (exact) mass is 353 g/mol. The van der Waals surface area contributed by atoms with E-state index >= 15 is 0 Å². The van der Waals surface area contributed by atoms with Crippen molar-refractivity contribution in [2.45, 2.75) is 31.3 Å². The van der Waals surface area contributed by atoms with E-state index in [9.17, 15) is 4.79 Å². The van der Waals surface area contributed by atoms with E-state index in [4.69, 9.17) is 11.6 Å². The zero-order chi connectivity index (χ0) is 17.4. The normalized spacial score (nSPS) is 24.7. The van der Waals surface area contributed by atoms with Crippen LogP contribution in [0.5, 0.6) is 0 Å². The minimum Gasteiger partial charge on any atom is -0.329 e. The van der Waals surface area contributed by atoms with Crippen LogP contribution in [-0.4, -0.2) is 25.0 Å². The van der Waals surface area contributed by atoms with E-state index in [0.717, 1.165) is 17.8 Å². The smallest absolute Gasteiger partial charge is 0.262 e. The van der Waals surface area contributed by atoms with Crippen LogP contribution >= 0.6 is 11.6 Å². The third kappa shape index (κ3) is 3.10. The van der Waals surface area contributed by atoms with Gasteiger partial charge in [-0.15, -0.1) is 0 Å². The van der Waals surface area contributed by atoms with Gasteiger partial charge in [-0.2, -0.15) is 0 Å². The lowest BCUT2D eigenvalue weighted by Crippen LogP contribution is -3.14. The fraction of sp³-hybridized carbons (Fsp3) is 0.286. The third-order valence-corrected chi connectivity index (χ3v) is 5.75. The van der Waals surface area contributed by atoms with E-state index < -0.39 is 0 Å². The minimum atomic E-state index is 0.00747. The molecule has 1 saturated heterocycles. The lowest BCUT2D eigenvalue weighted by atomic mass is 10.0. The SMILES string of the molecule is C[NH+]1[C@@H]2CC[C@@H]1C=C(N(C(=O)c1ccc(Cl)cc1)c1ccccc1)C2. The number of benzene rings is 2. The molecule has 3 nitrogen and oxygen atoms in total. The number of para-hydroxylation sites is 1. The molecule has 2 aliphatic rings. The number of rotatable bonds is 3. The van der Waals surface area contributed by atoms with E-state index in [0.29, 0.717) is 22.7 Å². The number of hydrogen-bond acceptors (Lipinski definition) is 1. The molecule has 4 rings (SSSR count). The predicted octanol–water partition coefficient (Wildman–Crippen LogP) is 3.32. The van der Waals surface area contributed by atoms with E-state index in [2.05, 4.69) is 13.1 Å². The Morgan fingerprint density at radius 2 is 1.80 bits per heavy atom. The number of hydrogen-bond donors (Lipinski definition) is 1.